The van der Waals surface area contributed by atoms with Gasteiger partial charge < -0.3 is 0 Å². The molecule has 0 saturated carbocycles. The molecule has 1 aromatic heterocycles. The zero-order valence-corrected chi connectivity index (χ0v) is 11.3. The van der Waals surface area contributed by atoms with Crippen LogP contribution in [0.4, 0.5) is 0 Å². The third-order valence-corrected chi connectivity index (χ3v) is 4.75. The van der Waals surface area contributed by atoms with E-state index in [9.17, 15) is 0 Å². The maximum Gasteiger partial charge on any atom is 0.0537 e. The molecule has 18 heavy (non-hydrogen) atoms. The van der Waals surface area contributed by atoms with Crippen LogP contribution in [0.15, 0.2) is 35.7 Å². The summed E-state index contributed by atoms with van der Waals surface area (Å²) < 4.78 is 0. The summed E-state index contributed by atoms with van der Waals surface area (Å²) in [6, 6.07) is 11.2. The van der Waals surface area contributed by atoms with Crippen LogP contribution in [-0.2, 0) is 6.42 Å². The van der Waals surface area contributed by atoms with Crippen molar-refractivity contribution in [2.24, 2.45) is 5.84 Å². The number of hydrazine groups is 1. The average Bonchev–Trinajstić information content (AvgIpc) is 2.98. The van der Waals surface area contributed by atoms with E-state index >= 15 is 0 Å². The Morgan fingerprint density at radius 3 is 2.94 bits per heavy atom. The van der Waals surface area contributed by atoms with Crippen molar-refractivity contribution in [3.8, 4) is 0 Å². The summed E-state index contributed by atoms with van der Waals surface area (Å²) >= 11 is 1.79. The summed E-state index contributed by atoms with van der Waals surface area (Å²) in [5, 5.41) is 2.22. The molecule has 0 spiro atoms. The smallest absolute Gasteiger partial charge is 0.0537 e. The van der Waals surface area contributed by atoms with Crippen molar-refractivity contribution in [1.82, 2.24) is 5.43 Å². The fourth-order valence-electron chi connectivity index (χ4n) is 3.01. The molecule has 0 bridgehead atoms. The minimum absolute atomic E-state index is 0.235. The summed E-state index contributed by atoms with van der Waals surface area (Å²) in [5.74, 6) is 6.31. The lowest BCUT2D eigenvalue weighted by Gasteiger charge is -2.23. The first-order valence-electron chi connectivity index (χ1n) is 6.38. The topological polar surface area (TPSA) is 38.0 Å². The van der Waals surface area contributed by atoms with Crippen molar-refractivity contribution in [1.29, 1.82) is 0 Å². The number of nitrogens with two attached hydrogens (primary N) is 1. The van der Waals surface area contributed by atoms with E-state index in [1.165, 1.54) is 34.4 Å². The van der Waals surface area contributed by atoms with Crippen LogP contribution < -0.4 is 11.3 Å². The van der Waals surface area contributed by atoms with Crippen molar-refractivity contribution >= 4 is 11.3 Å². The second-order valence-corrected chi connectivity index (χ2v) is 6.09. The van der Waals surface area contributed by atoms with Crippen LogP contribution in [0.25, 0.3) is 0 Å². The summed E-state index contributed by atoms with van der Waals surface area (Å²) in [5.41, 5.74) is 7.29. The lowest BCUT2D eigenvalue weighted by atomic mass is 9.90. The highest BCUT2D eigenvalue weighted by atomic mass is 32.1. The van der Waals surface area contributed by atoms with Gasteiger partial charge in [0.2, 0.25) is 0 Å². The van der Waals surface area contributed by atoms with E-state index in [4.69, 9.17) is 5.84 Å². The highest BCUT2D eigenvalue weighted by Crippen LogP contribution is 2.41. The molecule has 1 aliphatic carbocycles. The van der Waals surface area contributed by atoms with Crippen LogP contribution in [0.1, 0.15) is 39.9 Å². The largest absolute Gasteiger partial charge is 0.271 e. The molecule has 2 nitrogen and oxygen atoms in total. The normalized spacial score (nSPS) is 19.8. The predicted octanol–water partition coefficient (Wildman–Crippen LogP) is 3.29. The van der Waals surface area contributed by atoms with E-state index in [0.29, 0.717) is 5.92 Å². The van der Waals surface area contributed by atoms with Crippen molar-refractivity contribution in [2.45, 2.75) is 31.7 Å². The fourth-order valence-corrected chi connectivity index (χ4v) is 3.75. The van der Waals surface area contributed by atoms with Crippen LogP contribution in [0.5, 0.6) is 0 Å². The molecule has 1 heterocycles. The molecule has 2 aromatic rings. The Kier molecular flexibility index (Phi) is 3.20. The summed E-state index contributed by atoms with van der Waals surface area (Å²) in [6.45, 7) is 2.14. The monoisotopic (exact) mass is 258 g/mol. The molecular weight excluding hydrogens is 240 g/mol. The molecule has 94 valence electrons. The maximum absolute atomic E-state index is 5.81. The Morgan fingerprint density at radius 2 is 2.22 bits per heavy atom. The molecule has 0 radical (unpaired) electrons. The molecule has 0 saturated heterocycles. The third-order valence-electron chi connectivity index (χ3n) is 3.87. The SMILES string of the molecule is Cc1cc(C(NN)C2CCc3ccccc32)cs1. The molecule has 0 amide bonds. The maximum atomic E-state index is 5.81. The van der Waals surface area contributed by atoms with Gasteiger partial charge in [-0.25, -0.2) is 0 Å². The number of aryl methyl sites for hydroxylation is 2. The lowest BCUT2D eigenvalue weighted by molar-refractivity contribution is 0.454. The quantitative estimate of drug-likeness (QED) is 0.655. The van der Waals surface area contributed by atoms with Crippen LogP contribution in [0.3, 0.4) is 0 Å². The van der Waals surface area contributed by atoms with Gasteiger partial charge in [-0.05, 0) is 47.9 Å². The molecule has 0 fully saturated rings. The van der Waals surface area contributed by atoms with Gasteiger partial charge in [0, 0.05) is 10.8 Å². The second-order valence-electron chi connectivity index (χ2n) is 4.98. The minimum Gasteiger partial charge on any atom is -0.271 e. The van der Waals surface area contributed by atoms with E-state index < -0.39 is 0 Å². The molecule has 3 rings (SSSR count). The zero-order chi connectivity index (χ0) is 12.5. The first-order valence-corrected chi connectivity index (χ1v) is 7.26. The van der Waals surface area contributed by atoms with Crippen molar-refractivity contribution in [3.63, 3.8) is 0 Å². The van der Waals surface area contributed by atoms with Crippen molar-refractivity contribution < 1.29 is 0 Å². The fraction of sp³-hybridized carbons (Fsp3) is 0.333. The Labute approximate surface area is 112 Å². The molecule has 2 atom stereocenters. The summed E-state index contributed by atoms with van der Waals surface area (Å²) in [6.07, 6.45) is 2.35. The molecule has 1 aromatic carbocycles. The Hall–Kier alpha value is -1.16. The van der Waals surface area contributed by atoms with Crippen LogP contribution >= 0.6 is 11.3 Å². The number of rotatable bonds is 3. The number of nitrogens with one attached hydrogen (secondary N) is 1. The Bertz CT molecular complexity index is 547. The standard InChI is InChI=1S/C15H18N2S/c1-10-8-12(9-18-10)15(17-16)14-7-6-11-4-2-3-5-13(11)14/h2-5,8-9,14-15,17H,6-7,16H2,1H3. The van der Waals surface area contributed by atoms with Gasteiger partial charge in [-0.1, -0.05) is 24.3 Å². The van der Waals surface area contributed by atoms with E-state index in [1.807, 2.05) is 0 Å². The number of thiophene rings is 1. The molecule has 1 aliphatic rings. The average molecular weight is 258 g/mol. The Morgan fingerprint density at radius 1 is 1.39 bits per heavy atom. The second kappa shape index (κ2) is 4.84. The van der Waals surface area contributed by atoms with Gasteiger partial charge in [-0.2, -0.15) is 0 Å². The van der Waals surface area contributed by atoms with Crippen LogP contribution in [0.2, 0.25) is 0 Å². The van der Waals surface area contributed by atoms with E-state index in [-0.39, 0.29) is 6.04 Å². The zero-order valence-electron chi connectivity index (χ0n) is 10.5. The molecule has 2 unspecified atom stereocenters. The van der Waals surface area contributed by atoms with Gasteiger partial charge in [-0.15, -0.1) is 11.3 Å². The van der Waals surface area contributed by atoms with Crippen molar-refractivity contribution in [3.05, 3.63) is 57.3 Å². The van der Waals surface area contributed by atoms with Crippen LogP contribution in [0, 0.1) is 6.92 Å². The van der Waals surface area contributed by atoms with Crippen LogP contribution in [-0.4, -0.2) is 0 Å². The molecule has 3 heteroatoms. The van der Waals surface area contributed by atoms with Gasteiger partial charge in [0.25, 0.3) is 0 Å². The number of hydrogen-bond donors (Lipinski definition) is 2. The molecule has 3 N–H and O–H groups in total. The highest BCUT2D eigenvalue weighted by molar-refractivity contribution is 7.10. The molecule has 0 aliphatic heterocycles. The highest BCUT2D eigenvalue weighted by Gasteiger charge is 2.30. The number of benzene rings is 1. The number of hydrogen-bond acceptors (Lipinski definition) is 3. The minimum atomic E-state index is 0.235. The Balaban J connectivity index is 1.95. The lowest BCUT2D eigenvalue weighted by Crippen LogP contribution is -2.31. The van der Waals surface area contributed by atoms with Gasteiger partial charge in [0.05, 0.1) is 6.04 Å². The number of fused-ring (bicyclic) bond motifs is 1. The van der Waals surface area contributed by atoms with Crippen molar-refractivity contribution in [2.75, 3.05) is 0 Å². The van der Waals surface area contributed by atoms with E-state index in [0.717, 1.165) is 0 Å². The summed E-state index contributed by atoms with van der Waals surface area (Å²) in [4.78, 5) is 1.34. The third kappa shape index (κ3) is 1.99. The first-order chi connectivity index (χ1) is 8.79. The van der Waals surface area contributed by atoms with Gasteiger partial charge in [-0.3, -0.25) is 11.3 Å². The summed E-state index contributed by atoms with van der Waals surface area (Å²) in [7, 11) is 0. The van der Waals surface area contributed by atoms with E-state index in [2.05, 4.69) is 48.1 Å². The predicted molar refractivity (Wildman–Crippen MR) is 76.6 cm³/mol. The van der Waals surface area contributed by atoms with Gasteiger partial charge >= 0.3 is 0 Å². The first kappa shape index (κ1) is 11.9. The van der Waals surface area contributed by atoms with Gasteiger partial charge in [0.15, 0.2) is 0 Å². The van der Waals surface area contributed by atoms with E-state index in [1.54, 1.807) is 11.3 Å². The van der Waals surface area contributed by atoms with Gasteiger partial charge in [0.1, 0.15) is 0 Å². The molecular formula is C15H18N2S.